The number of likely N-dealkylation sites (tertiary alicyclic amines) is 1. The molecule has 3 rings (SSSR count). The highest BCUT2D eigenvalue weighted by Crippen LogP contribution is 2.17. The Hall–Kier alpha value is -2.70. The van der Waals surface area contributed by atoms with E-state index in [-0.39, 0.29) is 17.7 Å². The fraction of sp³-hybridized carbons (Fsp3) is 0.444. The van der Waals surface area contributed by atoms with E-state index in [0.717, 1.165) is 18.4 Å². The van der Waals surface area contributed by atoms with Crippen molar-refractivity contribution in [3.05, 3.63) is 47.6 Å². The molecule has 7 nitrogen and oxygen atoms in total. The number of carbonyl (C=O) groups is 2. The monoisotopic (exact) mass is 342 g/mol. The number of nitrogens with zero attached hydrogens (tertiary/aromatic N) is 3. The number of aryl methyl sites for hydroxylation is 1. The number of hydrogen-bond acceptors (Lipinski definition) is 5. The first kappa shape index (κ1) is 17.1. The molecule has 0 bridgehead atoms. The summed E-state index contributed by atoms with van der Waals surface area (Å²) in [6.07, 6.45) is 2.86. The molecular formula is C18H22N4O3. The third-order valence-electron chi connectivity index (χ3n) is 4.44. The number of carbonyl (C=O) groups excluding carboxylic acids is 2. The van der Waals surface area contributed by atoms with Crippen LogP contribution in [0.4, 0.5) is 0 Å². The number of benzene rings is 1. The molecule has 0 aliphatic carbocycles. The van der Waals surface area contributed by atoms with Crippen LogP contribution in [0.5, 0.6) is 0 Å². The summed E-state index contributed by atoms with van der Waals surface area (Å²) in [7, 11) is 0. The zero-order valence-electron chi connectivity index (χ0n) is 14.1. The van der Waals surface area contributed by atoms with Crippen molar-refractivity contribution < 1.29 is 14.1 Å². The molecule has 2 aromatic rings. The van der Waals surface area contributed by atoms with Gasteiger partial charge in [0.05, 0.1) is 5.92 Å². The van der Waals surface area contributed by atoms with Gasteiger partial charge in [0.25, 0.3) is 0 Å². The standard InChI is InChI=1S/C18H22N4O3/c19-18(24)14-7-4-10-22(12-14)17(23)9-8-16-20-15(21-25-16)11-13-5-2-1-3-6-13/h1-3,5-6,14H,4,7-12H2,(H2,19,24)/t14-/m0/s1. The maximum Gasteiger partial charge on any atom is 0.227 e. The summed E-state index contributed by atoms with van der Waals surface area (Å²) in [5, 5.41) is 3.96. The molecule has 1 fully saturated rings. The highest BCUT2D eigenvalue weighted by molar-refractivity contribution is 5.80. The molecule has 1 saturated heterocycles. The van der Waals surface area contributed by atoms with E-state index in [1.54, 1.807) is 4.90 Å². The number of amides is 2. The van der Waals surface area contributed by atoms with E-state index in [1.165, 1.54) is 0 Å². The average Bonchev–Trinajstić information content (AvgIpc) is 3.08. The van der Waals surface area contributed by atoms with Crippen molar-refractivity contribution in [2.45, 2.75) is 32.1 Å². The molecule has 1 aliphatic heterocycles. The van der Waals surface area contributed by atoms with E-state index in [0.29, 0.717) is 44.1 Å². The molecule has 0 saturated carbocycles. The first-order valence-electron chi connectivity index (χ1n) is 8.54. The smallest absolute Gasteiger partial charge is 0.227 e. The minimum absolute atomic E-state index is 0.00578. The number of aromatic nitrogens is 2. The third-order valence-corrected chi connectivity index (χ3v) is 4.44. The molecule has 1 aromatic carbocycles. The van der Waals surface area contributed by atoms with Crippen molar-refractivity contribution in [3.63, 3.8) is 0 Å². The Morgan fingerprint density at radius 1 is 1.28 bits per heavy atom. The van der Waals surface area contributed by atoms with Crippen LogP contribution in [-0.4, -0.2) is 39.9 Å². The van der Waals surface area contributed by atoms with E-state index < -0.39 is 0 Å². The van der Waals surface area contributed by atoms with Crippen molar-refractivity contribution in [1.29, 1.82) is 0 Å². The van der Waals surface area contributed by atoms with Gasteiger partial charge in [-0.25, -0.2) is 0 Å². The maximum atomic E-state index is 12.3. The SMILES string of the molecule is NC(=O)[C@H]1CCCN(C(=O)CCc2nc(Cc3ccccc3)no2)C1. The Kier molecular flexibility index (Phi) is 5.42. The molecule has 0 unspecified atom stereocenters. The fourth-order valence-corrected chi connectivity index (χ4v) is 3.05. The summed E-state index contributed by atoms with van der Waals surface area (Å²) in [5.74, 6) is 0.496. The summed E-state index contributed by atoms with van der Waals surface area (Å²) >= 11 is 0. The predicted molar refractivity (Wildman–Crippen MR) is 90.4 cm³/mol. The van der Waals surface area contributed by atoms with Gasteiger partial charge in [-0.3, -0.25) is 9.59 Å². The van der Waals surface area contributed by atoms with Crippen LogP contribution in [0.1, 0.15) is 36.5 Å². The predicted octanol–water partition coefficient (Wildman–Crippen LogP) is 1.32. The zero-order chi connectivity index (χ0) is 17.6. The van der Waals surface area contributed by atoms with Gasteiger partial charge in [-0.2, -0.15) is 4.98 Å². The largest absolute Gasteiger partial charge is 0.369 e. The van der Waals surface area contributed by atoms with Gasteiger partial charge in [0.2, 0.25) is 17.7 Å². The van der Waals surface area contributed by atoms with Crippen LogP contribution >= 0.6 is 0 Å². The number of hydrogen-bond donors (Lipinski definition) is 1. The summed E-state index contributed by atoms with van der Waals surface area (Å²) < 4.78 is 5.23. The summed E-state index contributed by atoms with van der Waals surface area (Å²) in [5.41, 5.74) is 6.46. The van der Waals surface area contributed by atoms with Gasteiger partial charge in [-0.15, -0.1) is 0 Å². The minimum atomic E-state index is -0.333. The number of nitrogens with two attached hydrogens (primary N) is 1. The topological polar surface area (TPSA) is 102 Å². The second-order valence-corrected chi connectivity index (χ2v) is 6.35. The molecule has 0 radical (unpaired) electrons. The fourth-order valence-electron chi connectivity index (χ4n) is 3.05. The van der Waals surface area contributed by atoms with Gasteiger partial charge in [0.15, 0.2) is 5.82 Å². The number of rotatable bonds is 6. The Balaban J connectivity index is 1.50. The maximum absolute atomic E-state index is 12.3. The third kappa shape index (κ3) is 4.65. The van der Waals surface area contributed by atoms with Crippen LogP contribution < -0.4 is 5.73 Å². The lowest BCUT2D eigenvalue weighted by Gasteiger charge is -2.31. The Bertz CT molecular complexity index is 729. The van der Waals surface area contributed by atoms with E-state index in [4.69, 9.17) is 10.3 Å². The average molecular weight is 342 g/mol. The first-order valence-corrected chi connectivity index (χ1v) is 8.54. The summed E-state index contributed by atoms with van der Waals surface area (Å²) in [6, 6.07) is 9.90. The van der Waals surface area contributed by atoms with Crippen molar-refractivity contribution >= 4 is 11.8 Å². The number of piperidine rings is 1. The van der Waals surface area contributed by atoms with Crippen molar-refractivity contribution in [3.8, 4) is 0 Å². The highest BCUT2D eigenvalue weighted by atomic mass is 16.5. The molecule has 7 heteroatoms. The molecule has 132 valence electrons. The van der Waals surface area contributed by atoms with Gasteiger partial charge in [0, 0.05) is 32.4 Å². The van der Waals surface area contributed by atoms with Gasteiger partial charge < -0.3 is 15.2 Å². The van der Waals surface area contributed by atoms with Crippen molar-refractivity contribution in [2.75, 3.05) is 13.1 Å². The lowest BCUT2D eigenvalue weighted by atomic mass is 9.97. The molecule has 0 spiro atoms. The second kappa shape index (κ2) is 7.92. The molecular weight excluding hydrogens is 320 g/mol. The van der Waals surface area contributed by atoms with E-state index in [1.807, 2.05) is 30.3 Å². The van der Waals surface area contributed by atoms with Gasteiger partial charge in [0.1, 0.15) is 0 Å². The van der Waals surface area contributed by atoms with Crippen molar-refractivity contribution in [1.82, 2.24) is 15.0 Å². The summed E-state index contributed by atoms with van der Waals surface area (Å²) in [4.78, 5) is 29.7. The van der Waals surface area contributed by atoms with Crippen LogP contribution in [0.15, 0.2) is 34.9 Å². The summed E-state index contributed by atoms with van der Waals surface area (Å²) in [6.45, 7) is 1.09. The molecule has 25 heavy (non-hydrogen) atoms. The Morgan fingerprint density at radius 3 is 2.84 bits per heavy atom. The lowest BCUT2D eigenvalue weighted by molar-refractivity contribution is -0.135. The van der Waals surface area contributed by atoms with Crippen LogP contribution in [0.3, 0.4) is 0 Å². The van der Waals surface area contributed by atoms with E-state index in [2.05, 4.69) is 10.1 Å². The Labute approximate surface area is 146 Å². The van der Waals surface area contributed by atoms with Crippen LogP contribution in [-0.2, 0) is 22.4 Å². The van der Waals surface area contributed by atoms with E-state index >= 15 is 0 Å². The van der Waals surface area contributed by atoms with E-state index in [9.17, 15) is 9.59 Å². The molecule has 2 N–H and O–H groups in total. The molecule has 1 atom stereocenters. The molecule has 1 aromatic heterocycles. The van der Waals surface area contributed by atoms with Gasteiger partial charge >= 0.3 is 0 Å². The van der Waals surface area contributed by atoms with Crippen LogP contribution in [0, 0.1) is 5.92 Å². The highest BCUT2D eigenvalue weighted by Gasteiger charge is 2.26. The Morgan fingerprint density at radius 2 is 2.08 bits per heavy atom. The number of primary amides is 1. The molecule has 1 aliphatic rings. The zero-order valence-corrected chi connectivity index (χ0v) is 14.1. The van der Waals surface area contributed by atoms with Gasteiger partial charge in [-0.05, 0) is 18.4 Å². The minimum Gasteiger partial charge on any atom is -0.369 e. The lowest BCUT2D eigenvalue weighted by Crippen LogP contribution is -2.44. The molecule has 2 amide bonds. The quantitative estimate of drug-likeness (QED) is 0.853. The van der Waals surface area contributed by atoms with Crippen LogP contribution in [0.25, 0.3) is 0 Å². The molecule has 2 heterocycles. The van der Waals surface area contributed by atoms with Gasteiger partial charge in [-0.1, -0.05) is 35.5 Å². The van der Waals surface area contributed by atoms with Crippen molar-refractivity contribution in [2.24, 2.45) is 11.7 Å². The first-order chi connectivity index (χ1) is 12.1. The normalized spacial score (nSPS) is 17.4. The van der Waals surface area contributed by atoms with Crippen LogP contribution in [0.2, 0.25) is 0 Å². The second-order valence-electron chi connectivity index (χ2n) is 6.35.